The topological polar surface area (TPSA) is 92.7 Å². The summed E-state index contributed by atoms with van der Waals surface area (Å²) in [7, 11) is 0. The molecule has 0 heterocycles. The molecule has 3 rings (SSSR count). The van der Waals surface area contributed by atoms with Gasteiger partial charge < -0.3 is 15.2 Å². The van der Waals surface area contributed by atoms with Gasteiger partial charge in [-0.05, 0) is 55.3 Å². The van der Waals surface area contributed by atoms with Crippen LogP contribution in [-0.4, -0.2) is 23.0 Å². The van der Waals surface area contributed by atoms with Gasteiger partial charge in [0.15, 0.2) is 0 Å². The van der Waals surface area contributed by atoms with Crippen LogP contribution in [0.25, 0.3) is 0 Å². The molecule has 0 aliphatic heterocycles. The summed E-state index contributed by atoms with van der Waals surface area (Å²) < 4.78 is 5.24. The molecule has 2 aromatic rings. The Balaban J connectivity index is 1.63. The number of ether oxygens (including phenoxy) is 1. The minimum Gasteiger partial charge on any atom is -0.481 e. The molecule has 146 valence electrons. The summed E-state index contributed by atoms with van der Waals surface area (Å²) in [5.74, 6) is -2.85. The Bertz CT molecular complexity index is 893. The largest absolute Gasteiger partial charge is 0.481 e. The average Bonchev–Trinajstić information content (AvgIpc) is 3.11. The molecule has 1 aliphatic rings. The average molecular weight is 422 g/mol. The Morgan fingerprint density at radius 3 is 2.18 bits per heavy atom. The molecule has 2 aromatic carbocycles. The molecule has 1 fully saturated rings. The van der Waals surface area contributed by atoms with Crippen LogP contribution in [-0.2, 0) is 9.59 Å². The van der Waals surface area contributed by atoms with E-state index >= 15 is 0 Å². The third-order valence-corrected chi connectivity index (χ3v) is 5.04. The number of esters is 1. The van der Waals surface area contributed by atoms with E-state index in [0.29, 0.717) is 35.0 Å². The lowest BCUT2D eigenvalue weighted by atomic mass is 9.95. The number of halogens is 2. The van der Waals surface area contributed by atoms with Crippen molar-refractivity contribution >= 4 is 46.7 Å². The van der Waals surface area contributed by atoms with Gasteiger partial charge in [0.1, 0.15) is 5.75 Å². The molecular formula is C20H17Cl2NO5. The van der Waals surface area contributed by atoms with Crippen LogP contribution in [0.5, 0.6) is 5.75 Å². The first-order chi connectivity index (χ1) is 13.3. The SMILES string of the molecule is O=C(Oc1cc(Cl)cc(Cl)c1)c1ccc(NC(=O)C2CCCC2C(=O)O)cc1. The van der Waals surface area contributed by atoms with Crippen LogP contribution in [0.15, 0.2) is 42.5 Å². The zero-order valence-corrected chi connectivity index (χ0v) is 16.2. The molecule has 2 unspecified atom stereocenters. The van der Waals surface area contributed by atoms with Crippen molar-refractivity contribution in [3.8, 4) is 5.75 Å². The minimum atomic E-state index is -0.947. The number of carboxylic acids is 1. The maximum absolute atomic E-state index is 12.4. The van der Waals surface area contributed by atoms with Gasteiger partial charge in [0.05, 0.1) is 17.4 Å². The molecule has 0 bridgehead atoms. The van der Waals surface area contributed by atoms with Crippen molar-refractivity contribution in [3.05, 3.63) is 58.1 Å². The number of hydrogen-bond donors (Lipinski definition) is 2. The highest BCUT2D eigenvalue weighted by molar-refractivity contribution is 6.34. The van der Waals surface area contributed by atoms with Gasteiger partial charge in [-0.25, -0.2) is 4.79 Å². The standard InChI is InChI=1S/C20H17Cl2NO5/c21-12-8-13(22)10-15(9-12)28-20(27)11-4-6-14(7-5-11)23-18(24)16-2-1-3-17(16)19(25)26/h4-10,16-17H,1-3H2,(H,23,24)(H,25,26). The molecule has 0 spiro atoms. The molecule has 1 saturated carbocycles. The van der Waals surface area contributed by atoms with E-state index in [0.717, 1.165) is 0 Å². The lowest BCUT2D eigenvalue weighted by Crippen LogP contribution is -2.30. The molecule has 8 heteroatoms. The highest BCUT2D eigenvalue weighted by atomic mass is 35.5. The number of benzene rings is 2. The number of anilines is 1. The second-order valence-electron chi connectivity index (χ2n) is 6.54. The van der Waals surface area contributed by atoms with Crippen LogP contribution >= 0.6 is 23.2 Å². The number of hydrogen-bond acceptors (Lipinski definition) is 4. The Hall–Kier alpha value is -2.57. The Labute approximate surface area is 171 Å². The monoisotopic (exact) mass is 421 g/mol. The van der Waals surface area contributed by atoms with E-state index in [1.54, 1.807) is 12.1 Å². The number of nitrogens with one attached hydrogen (secondary N) is 1. The van der Waals surface area contributed by atoms with E-state index in [-0.39, 0.29) is 17.2 Å². The number of carbonyl (C=O) groups is 3. The van der Waals surface area contributed by atoms with E-state index in [4.69, 9.17) is 27.9 Å². The van der Waals surface area contributed by atoms with Crippen molar-refractivity contribution in [1.82, 2.24) is 0 Å². The van der Waals surface area contributed by atoms with Gasteiger partial charge in [-0.1, -0.05) is 29.6 Å². The third-order valence-electron chi connectivity index (χ3n) is 4.60. The van der Waals surface area contributed by atoms with E-state index in [1.807, 2.05) is 0 Å². The molecular weight excluding hydrogens is 405 g/mol. The van der Waals surface area contributed by atoms with Crippen molar-refractivity contribution in [1.29, 1.82) is 0 Å². The highest BCUT2D eigenvalue weighted by Crippen LogP contribution is 2.33. The van der Waals surface area contributed by atoms with Crippen molar-refractivity contribution in [3.63, 3.8) is 0 Å². The fourth-order valence-corrected chi connectivity index (χ4v) is 3.75. The second kappa shape index (κ2) is 8.63. The number of carbonyl (C=O) groups excluding carboxylic acids is 2. The number of rotatable bonds is 5. The fraction of sp³-hybridized carbons (Fsp3) is 0.250. The number of carboxylic acid groups (broad SMARTS) is 1. The normalized spacial score (nSPS) is 18.5. The molecule has 0 saturated heterocycles. The van der Waals surface area contributed by atoms with Gasteiger partial charge in [0.2, 0.25) is 5.91 Å². The predicted octanol–water partition coefficient (Wildman–Crippen LogP) is 4.65. The Morgan fingerprint density at radius 2 is 1.57 bits per heavy atom. The first-order valence-electron chi connectivity index (χ1n) is 8.65. The van der Waals surface area contributed by atoms with Gasteiger partial charge in [-0.15, -0.1) is 0 Å². The number of amides is 1. The molecule has 0 radical (unpaired) electrons. The zero-order chi connectivity index (χ0) is 20.3. The van der Waals surface area contributed by atoms with Gasteiger partial charge >= 0.3 is 11.9 Å². The van der Waals surface area contributed by atoms with E-state index in [9.17, 15) is 19.5 Å². The van der Waals surface area contributed by atoms with E-state index in [2.05, 4.69) is 5.32 Å². The van der Waals surface area contributed by atoms with E-state index < -0.39 is 23.8 Å². The summed E-state index contributed by atoms with van der Waals surface area (Å²) in [5.41, 5.74) is 0.752. The second-order valence-corrected chi connectivity index (χ2v) is 7.42. The minimum absolute atomic E-state index is 0.223. The smallest absolute Gasteiger partial charge is 0.343 e. The Kier molecular flexibility index (Phi) is 6.21. The van der Waals surface area contributed by atoms with Crippen molar-refractivity contribution < 1.29 is 24.2 Å². The first-order valence-corrected chi connectivity index (χ1v) is 9.41. The maximum atomic E-state index is 12.4. The quantitative estimate of drug-likeness (QED) is 0.541. The first kappa shape index (κ1) is 20.2. The summed E-state index contributed by atoms with van der Waals surface area (Å²) in [6.07, 6.45) is 1.77. The summed E-state index contributed by atoms with van der Waals surface area (Å²) >= 11 is 11.8. The molecule has 6 nitrogen and oxygen atoms in total. The van der Waals surface area contributed by atoms with Crippen molar-refractivity contribution in [2.45, 2.75) is 19.3 Å². The lowest BCUT2D eigenvalue weighted by Gasteiger charge is -2.15. The molecule has 1 aliphatic carbocycles. The van der Waals surface area contributed by atoms with Crippen LogP contribution in [0, 0.1) is 11.8 Å². The Morgan fingerprint density at radius 1 is 0.964 bits per heavy atom. The van der Waals surface area contributed by atoms with Gasteiger partial charge in [0.25, 0.3) is 0 Å². The lowest BCUT2D eigenvalue weighted by molar-refractivity contribution is -0.145. The molecule has 2 atom stereocenters. The zero-order valence-electron chi connectivity index (χ0n) is 14.7. The predicted molar refractivity (Wildman–Crippen MR) is 105 cm³/mol. The van der Waals surface area contributed by atoms with Crippen LogP contribution in [0.2, 0.25) is 10.0 Å². The van der Waals surface area contributed by atoms with Gasteiger partial charge in [-0.3, -0.25) is 9.59 Å². The molecule has 28 heavy (non-hydrogen) atoms. The van der Waals surface area contributed by atoms with Crippen LogP contribution in [0.4, 0.5) is 5.69 Å². The summed E-state index contributed by atoms with van der Waals surface area (Å²) in [5, 5.41) is 12.6. The van der Waals surface area contributed by atoms with Gasteiger partial charge in [0, 0.05) is 15.7 Å². The number of aliphatic carboxylic acids is 1. The summed E-state index contributed by atoms with van der Waals surface area (Å²) in [6, 6.07) is 10.6. The maximum Gasteiger partial charge on any atom is 0.343 e. The van der Waals surface area contributed by atoms with Gasteiger partial charge in [-0.2, -0.15) is 0 Å². The fourth-order valence-electron chi connectivity index (χ4n) is 3.25. The van der Waals surface area contributed by atoms with Crippen molar-refractivity contribution in [2.75, 3.05) is 5.32 Å². The molecule has 1 amide bonds. The van der Waals surface area contributed by atoms with Crippen LogP contribution < -0.4 is 10.1 Å². The van der Waals surface area contributed by atoms with Crippen LogP contribution in [0.3, 0.4) is 0 Å². The molecule has 2 N–H and O–H groups in total. The third kappa shape index (κ3) is 4.82. The summed E-state index contributed by atoms with van der Waals surface area (Å²) in [6.45, 7) is 0. The molecule has 0 aromatic heterocycles. The van der Waals surface area contributed by atoms with E-state index in [1.165, 1.54) is 30.3 Å². The van der Waals surface area contributed by atoms with Crippen molar-refractivity contribution in [2.24, 2.45) is 11.8 Å². The highest BCUT2D eigenvalue weighted by Gasteiger charge is 2.37. The van der Waals surface area contributed by atoms with Crippen LogP contribution in [0.1, 0.15) is 29.6 Å². The summed E-state index contributed by atoms with van der Waals surface area (Å²) in [4.78, 5) is 35.8.